The lowest BCUT2D eigenvalue weighted by Crippen LogP contribution is -1.93. The van der Waals surface area contributed by atoms with E-state index in [0.29, 0.717) is 11.5 Å². The Bertz CT molecular complexity index is 540. The van der Waals surface area contributed by atoms with E-state index in [4.69, 9.17) is 9.47 Å². The predicted octanol–water partition coefficient (Wildman–Crippen LogP) is 2.90. The topological polar surface area (TPSA) is 58.9 Å². The molecular weight excluding hydrogens is 256 g/mol. The summed E-state index contributed by atoms with van der Waals surface area (Å²) in [6.07, 6.45) is 1.53. The fraction of sp³-hybridized carbons (Fsp3) is 0.250. The van der Waals surface area contributed by atoms with Crippen molar-refractivity contribution in [3.8, 4) is 23.0 Å². The van der Waals surface area contributed by atoms with Crippen LogP contribution in [-0.2, 0) is 12.8 Å². The molecule has 0 bridgehead atoms. The van der Waals surface area contributed by atoms with Crippen molar-refractivity contribution < 1.29 is 19.7 Å². The Morgan fingerprint density at radius 3 is 1.45 bits per heavy atom. The maximum absolute atomic E-state index is 9.72. The summed E-state index contributed by atoms with van der Waals surface area (Å²) in [5.41, 5.74) is 2.03. The van der Waals surface area contributed by atoms with Crippen molar-refractivity contribution in [1.82, 2.24) is 0 Å². The van der Waals surface area contributed by atoms with Gasteiger partial charge in [-0.15, -0.1) is 0 Å². The van der Waals surface area contributed by atoms with Crippen LogP contribution in [0.25, 0.3) is 0 Å². The highest BCUT2D eigenvalue weighted by atomic mass is 16.5. The normalized spacial score (nSPS) is 10.3. The van der Waals surface area contributed by atoms with Crippen molar-refractivity contribution in [3.63, 3.8) is 0 Å². The third kappa shape index (κ3) is 3.15. The van der Waals surface area contributed by atoms with Gasteiger partial charge in [0.05, 0.1) is 14.2 Å². The van der Waals surface area contributed by atoms with Crippen LogP contribution in [0.3, 0.4) is 0 Å². The molecule has 106 valence electrons. The monoisotopic (exact) mass is 274 g/mol. The molecule has 0 saturated carbocycles. The minimum Gasteiger partial charge on any atom is -0.504 e. The molecule has 4 nitrogen and oxygen atoms in total. The summed E-state index contributed by atoms with van der Waals surface area (Å²) < 4.78 is 10.0. The summed E-state index contributed by atoms with van der Waals surface area (Å²) in [7, 11) is 3.05. The zero-order chi connectivity index (χ0) is 14.5. The summed E-state index contributed by atoms with van der Waals surface area (Å²) in [5, 5.41) is 19.4. The van der Waals surface area contributed by atoms with Gasteiger partial charge in [0.1, 0.15) is 0 Å². The first-order chi connectivity index (χ1) is 9.63. The molecule has 2 rings (SSSR count). The number of phenolic OH excluding ortho intramolecular Hbond substituents is 2. The Kier molecular flexibility index (Phi) is 4.35. The summed E-state index contributed by atoms with van der Waals surface area (Å²) in [4.78, 5) is 0. The van der Waals surface area contributed by atoms with E-state index in [1.807, 2.05) is 12.1 Å². The van der Waals surface area contributed by atoms with Crippen LogP contribution in [0.1, 0.15) is 11.1 Å². The molecule has 2 aromatic carbocycles. The molecule has 0 aliphatic heterocycles. The van der Waals surface area contributed by atoms with Gasteiger partial charge in [0, 0.05) is 0 Å². The van der Waals surface area contributed by atoms with Gasteiger partial charge in [-0.25, -0.2) is 0 Å². The molecule has 2 aromatic rings. The van der Waals surface area contributed by atoms with Gasteiger partial charge in [0.25, 0.3) is 0 Å². The summed E-state index contributed by atoms with van der Waals surface area (Å²) in [6.45, 7) is 0. The van der Waals surface area contributed by atoms with E-state index < -0.39 is 0 Å². The van der Waals surface area contributed by atoms with Crippen LogP contribution in [0.15, 0.2) is 36.4 Å². The molecule has 2 N–H and O–H groups in total. The molecule has 0 heterocycles. The molecule has 0 saturated heterocycles. The average molecular weight is 274 g/mol. The van der Waals surface area contributed by atoms with Gasteiger partial charge < -0.3 is 19.7 Å². The summed E-state index contributed by atoms with van der Waals surface area (Å²) >= 11 is 0. The molecule has 0 aliphatic rings. The molecule has 0 unspecified atom stereocenters. The fourth-order valence-corrected chi connectivity index (χ4v) is 2.07. The lowest BCUT2D eigenvalue weighted by Gasteiger charge is -2.08. The van der Waals surface area contributed by atoms with E-state index in [1.54, 1.807) is 24.3 Å². The molecule has 0 aromatic heterocycles. The van der Waals surface area contributed by atoms with E-state index in [1.165, 1.54) is 14.2 Å². The second-order valence-corrected chi connectivity index (χ2v) is 4.51. The molecule has 4 heteroatoms. The highest BCUT2D eigenvalue weighted by Crippen LogP contribution is 2.28. The van der Waals surface area contributed by atoms with Crippen LogP contribution in [0.2, 0.25) is 0 Å². The third-order valence-electron chi connectivity index (χ3n) is 3.19. The highest BCUT2D eigenvalue weighted by molar-refractivity contribution is 5.43. The number of benzene rings is 2. The van der Waals surface area contributed by atoms with E-state index in [9.17, 15) is 10.2 Å². The third-order valence-corrected chi connectivity index (χ3v) is 3.19. The zero-order valence-corrected chi connectivity index (χ0v) is 11.6. The lowest BCUT2D eigenvalue weighted by molar-refractivity contribution is 0.372. The van der Waals surface area contributed by atoms with Crippen LogP contribution >= 0.6 is 0 Å². The van der Waals surface area contributed by atoms with Gasteiger partial charge in [0.2, 0.25) is 0 Å². The van der Waals surface area contributed by atoms with Crippen LogP contribution < -0.4 is 9.47 Å². The van der Waals surface area contributed by atoms with Gasteiger partial charge >= 0.3 is 0 Å². The number of aryl methyl sites for hydroxylation is 2. The average Bonchev–Trinajstić information content (AvgIpc) is 2.45. The van der Waals surface area contributed by atoms with Crippen molar-refractivity contribution in [1.29, 1.82) is 0 Å². The van der Waals surface area contributed by atoms with E-state index >= 15 is 0 Å². The first-order valence-electron chi connectivity index (χ1n) is 6.36. The molecule has 0 spiro atoms. The van der Waals surface area contributed by atoms with Crippen molar-refractivity contribution in [2.24, 2.45) is 0 Å². The zero-order valence-electron chi connectivity index (χ0n) is 11.6. The predicted molar refractivity (Wildman–Crippen MR) is 76.7 cm³/mol. The van der Waals surface area contributed by atoms with Crippen LogP contribution in [-0.4, -0.2) is 24.4 Å². The summed E-state index contributed by atoms with van der Waals surface area (Å²) in [6, 6.07) is 10.7. The Balaban J connectivity index is 2.05. The first-order valence-corrected chi connectivity index (χ1v) is 6.36. The Labute approximate surface area is 118 Å². The number of hydrogen-bond donors (Lipinski definition) is 2. The number of methoxy groups -OCH3 is 2. The quantitative estimate of drug-likeness (QED) is 0.880. The second kappa shape index (κ2) is 6.19. The maximum Gasteiger partial charge on any atom is 0.160 e. The van der Waals surface area contributed by atoms with Gasteiger partial charge in [-0.3, -0.25) is 0 Å². The molecule has 0 amide bonds. The first kappa shape index (κ1) is 14.1. The Morgan fingerprint density at radius 1 is 0.750 bits per heavy atom. The van der Waals surface area contributed by atoms with Gasteiger partial charge in [-0.2, -0.15) is 0 Å². The van der Waals surface area contributed by atoms with E-state index in [-0.39, 0.29) is 11.5 Å². The van der Waals surface area contributed by atoms with Crippen LogP contribution in [0.4, 0.5) is 0 Å². The van der Waals surface area contributed by atoms with Crippen molar-refractivity contribution in [2.75, 3.05) is 14.2 Å². The van der Waals surface area contributed by atoms with E-state index in [2.05, 4.69) is 0 Å². The molecule has 0 fully saturated rings. The fourth-order valence-electron chi connectivity index (χ4n) is 2.07. The largest absolute Gasteiger partial charge is 0.504 e. The molecule has 0 radical (unpaired) electrons. The van der Waals surface area contributed by atoms with Crippen molar-refractivity contribution in [2.45, 2.75) is 12.8 Å². The number of hydrogen-bond acceptors (Lipinski definition) is 4. The number of phenols is 2. The van der Waals surface area contributed by atoms with Gasteiger partial charge in [-0.1, -0.05) is 12.1 Å². The second-order valence-electron chi connectivity index (χ2n) is 4.51. The minimum atomic E-state index is 0.141. The smallest absolute Gasteiger partial charge is 0.160 e. The SMILES string of the molecule is COc1ccc(CCc2ccc(OC)c(O)c2)cc1O. The Hall–Kier alpha value is -2.36. The molecular formula is C16H18O4. The van der Waals surface area contributed by atoms with E-state index in [0.717, 1.165) is 24.0 Å². The molecule has 0 atom stereocenters. The highest BCUT2D eigenvalue weighted by Gasteiger charge is 2.05. The maximum atomic E-state index is 9.72. The van der Waals surface area contributed by atoms with Crippen molar-refractivity contribution in [3.05, 3.63) is 47.5 Å². The number of rotatable bonds is 5. The minimum absolute atomic E-state index is 0.141. The summed E-state index contributed by atoms with van der Waals surface area (Å²) in [5.74, 6) is 1.22. The van der Waals surface area contributed by atoms with Crippen LogP contribution in [0, 0.1) is 0 Å². The number of ether oxygens (including phenoxy) is 2. The Morgan fingerprint density at radius 2 is 1.15 bits per heavy atom. The van der Waals surface area contributed by atoms with Crippen LogP contribution in [0.5, 0.6) is 23.0 Å². The number of aromatic hydroxyl groups is 2. The van der Waals surface area contributed by atoms with Gasteiger partial charge in [-0.05, 0) is 48.2 Å². The standard InChI is InChI=1S/C16H18O4/c1-19-15-7-5-11(9-13(15)17)3-4-12-6-8-16(20-2)14(18)10-12/h5-10,17-18H,3-4H2,1-2H3. The molecule has 0 aliphatic carbocycles. The molecule has 20 heavy (non-hydrogen) atoms. The van der Waals surface area contributed by atoms with Crippen molar-refractivity contribution >= 4 is 0 Å². The lowest BCUT2D eigenvalue weighted by atomic mass is 10.0. The van der Waals surface area contributed by atoms with Gasteiger partial charge in [0.15, 0.2) is 23.0 Å².